The lowest BCUT2D eigenvalue weighted by molar-refractivity contribution is 0.0689. The molecule has 0 saturated carbocycles. The number of ether oxygens (including phenoxy) is 2. The zero-order chi connectivity index (χ0) is 15.1. The van der Waals surface area contributed by atoms with E-state index in [4.69, 9.17) is 21.1 Å². The molecule has 3 nitrogen and oxygen atoms in total. The van der Waals surface area contributed by atoms with E-state index in [1.165, 1.54) is 25.9 Å². The second-order valence-corrected chi connectivity index (χ2v) is 6.91. The average Bonchev–Trinajstić information content (AvgIpc) is 2.44. The van der Waals surface area contributed by atoms with E-state index in [9.17, 15) is 0 Å². The molecule has 1 saturated heterocycles. The van der Waals surface area contributed by atoms with Crippen LogP contribution in [0, 0.1) is 5.92 Å². The summed E-state index contributed by atoms with van der Waals surface area (Å²) in [5, 5.41) is 0.617. The van der Waals surface area contributed by atoms with Crippen molar-refractivity contribution < 1.29 is 9.47 Å². The molecular weight excluding hydrogens is 354 g/mol. The lowest BCUT2D eigenvalue weighted by Crippen LogP contribution is -2.36. The molecule has 1 aliphatic heterocycles. The second-order valence-electron chi connectivity index (χ2n) is 5.58. The van der Waals surface area contributed by atoms with E-state index in [0.29, 0.717) is 24.0 Å². The molecule has 0 bridgehead atoms. The Kier molecular flexibility index (Phi) is 7.30. The fourth-order valence-corrected chi connectivity index (χ4v) is 3.32. The molecule has 1 aromatic carbocycles. The number of hydrogen-bond acceptors (Lipinski definition) is 3. The van der Waals surface area contributed by atoms with E-state index in [2.05, 4.69) is 27.8 Å². The van der Waals surface area contributed by atoms with Crippen molar-refractivity contribution in [2.24, 2.45) is 5.92 Å². The molecule has 0 spiro atoms. The third-order valence-corrected chi connectivity index (χ3v) is 4.46. The van der Waals surface area contributed by atoms with Crippen LogP contribution in [0.5, 0.6) is 5.75 Å². The molecule has 1 fully saturated rings. The number of piperidine rings is 1. The van der Waals surface area contributed by atoms with Gasteiger partial charge in [0.15, 0.2) is 0 Å². The molecule has 2 rings (SSSR count). The van der Waals surface area contributed by atoms with Crippen molar-refractivity contribution in [2.75, 3.05) is 39.5 Å². The van der Waals surface area contributed by atoms with E-state index in [0.717, 1.165) is 23.5 Å². The molecule has 1 aliphatic rings. The van der Waals surface area contributed by atoms with Crippen LogP contribution < -0.4 is 4.74 Å². The maximum Gasteiger partial charge on any atom is 0.138 e. The zero-order valence-corrected chi connectivity index (χ0v) is 14.8. The van der Waals surface area contributed by atoms with Gasteiger partial charge in [-0.05, 0) is 43.5 Å². The number of halogens is 2. The second kappa shape index (κ2) is 8.99. The minimum absolute atomic E-state index is 0.526. The van der Waals surface area contributed by atoms with Crippen molar-refractivity contribution in [2.45, 2.75) is 19.8 Å². The minimum atomic E-state index is 0.526. The number of nitrogens with zero attached hydrogens (tertiary/aromatic N) is 1. The Hall–Kier alpha value is -0.290. The highest BCUT2D eigenvalue weighted by Crippen LogP contribution is 2.27. The predicted octanol–water partition coefficient (Wildman–Crippen LogP) is 4.23. The third-order valence-electron chi connectivity index (χ3n) is 3.67. The molecule has 0 N–H and O–H groups in total. The van der Waals surface area contributed by atoms with Gasteiger partial charge in [-0.1, -0.05) is 34.5 Å². The molecule has 1 heterocycles. The van der Waals surface area contributed by atoms with E-state index in [1.807, 2.05) is 18.2 Å². The van der Waals surface area contributed by atoms with Gasteiger partial charge in [-0.25, -0.2) is 0 Å². The normalized spacial score (nSPS) is 19.7. The topological polar surface area (TPSA) is 21.7 Å². The fourth-order valence-electron chi connectivity index (χ4n) is 2.59. The Balaban J connectivity index is 1.55. The summed E-state index contributed by atoms with van der Waals surface area (Å²) in [5.74, 6) is 1.52. The first-order valence-electron chi connectivity index (χ1n) is 7.53. The number of benzene rings is 1. The summed E-state index contributed by atoms with van der Waals surface area (Å²) >= 11 is 9.45. The number of rotatable bonds is 7. The molecular formula is C16H23BrClNO2. The van der Waals surface area contributed by atoms with Gasteiger partial charge in [0, 0.05) is 17.6 Å². The minimum Gasteiger partial charge on any atom is -0.490 e. The van der Waals surface area contributed by atoms with Crippen LogP contribution >= 0.6 is 27.5 Å². The highest BCUT2D eigenvalue weighted by Gasteiger charge is 2.15. The smallest absolute Gasteiger partial charge is 0.138 e. The van der Waals surface area contributed by atoms with Crippen molar-refractivity contribution in [3.05, 3.63) is 27.7 Å². The number of likely N-dealkylation sites (tertiary alicyclic amines) is 1. The first-order valence-corrected chi connectivity index (χ1v) is 8.70. The summed E-state index contributed by atoms with van der Waals surface area (Å²) in [7, 11) is 0. The maximum atomic E-state index is 6.08. The van der Waals surface area contributed by atoms with Crippen LogP contribution in [0.2, 0.25) is 5.02 Å². The summed E-state index contributed by atoms with van der Waals surface area (Å²) in [6.45, 7) is 7.64. The average molecular weight is 377 g/mol. The van der Waals surface area contributed by atoms with Gasteiger partial charge in [-0.2, -0.15) is 0 Å². The Morgan fingerprint density at radius 1 is 1.33 bits per heavy atom. The molecule has 21 heavy (non-hydrogen) atoms. The van der Waals surface area contributed by atoms with Gasteiger partial charge in [0.05, 0.1) is 18.2 Å². The van der Waals surface area contributed by atoms with Crippen LogP contribution in [0.25, 0.3) is 0 Å². The Morgan fingerprint density at radius 2 is 2.19 bits per heavy atom. The monoisotopic (exact) mass is 375 g/mol. The summed E-state index contributed by atoms with van der Waals surface area (Å²) in [6.07, 6.45) is 2.67. The van der Waals surface area contributed by atoms with Gasteiger partial charge < -0.3 is 14.4 Å². The van der Waals surface area contributed by atoms with E-state index < -0.39 is 0 Å². The standard InChI is InChI=1S/C16H23BrClNO2/c1-13-3-2-6-19(12-13)7-8-20-9-10-21-16-5-4-14(17)11-15(16)18/h4-5,11,13H,2-3,6-10,12H2,1H3/t13-/m1/s1. The highest BCUT2D eigenvalue weighted by molar-refractivity contribution is 9.10. The molecule has 118 valence electrons. The van der Waals surface area contributed by atoms with Gasteiger partial charge >= 0.3 is 0 Å². The quantitative estimate of drug-likeness (QED) is 0.665. The summed E-state index contributed by atoms with van der Waals surface area (Å²) in [5.41, 5.74) is 0. The van der Waals surface area contributed by atoms with Crippen LogP contribution in [0.15, 0.2) is 22.7 Å². The first kappa shape index (κ1) is 17.1. The Labute approximate surface area is 140 Å². The molecule has 0 radical (unpaired) electrons. The van der Waals surface area contributed by atoms with Gasteiger partial charge in [0.25, 0.3) is 0 Å². The van der Waals surface area contributed by atoms with Crippen LogP contribution in [0.3, 0.4) is 0 Å². The van der Waals surface area contributed by atoms with Gasteiger partial charge in [-0.3, -0.25) is 0 Å². The molecule has 1 aromatic rings. The highest BCUT2D eigenvalue weighted by atomic mass is 79.9. The van der Waals surface area contributed by atoms with Crippen molar-refractivity contribution >= 4 is 27.5 Å². The van der Waals surface area contributed by atoms with Crippen molar-refractivity contribution in [3.63, 3.8) is 0 Å². The van der Waals surface area contributed by atoms with E-state index in [1.54, 1.807) is 0 Å². The summed E-state index contributed by atoms with van der Waals surface area (Å²) in [4.78, 5) is 2.49. The molecule has 0 amide bonds. The van der Waals surface area contributed by atoms with E-state index >= 15 is 0 Å². The van der Waals surface area contributed by atoms with Crippen LogP contribution in [0.4, 0.5) is 0 Å². The largest absolute Gasteiger partial charge is 0.490 e. The lowest BCUT2D eigenvalue weighted by Gasteiger charge is -2.30. The Bertz CT molecular complexity index is 444. The molecule has 0 unspecified atom stereocenters. The van der Waals surface area contributed by atoms with Crippen LogP contribution in [-0.4, -0.2) is 44.4 Å². The lowest BCUT2D eigenvalue weighted by atomic mass is 10.0. The summed E-state index contributed by atoms with van der Waals surface area (Å²) in [6, 6.07) is 5.61. The van der Waals surface area contributed by atoms with E-state index in [-0.39, 0.29) is 0 Å². The van der Waals surface area contributed by atoms with Gasteiger partial charge in [0.1, 0.15) is 12.4 Å². The fraction of sp³-hybridized carbons (Fsp3) is 0.625. The van der Waals surface area contributed by atoms with Crippen molar-refractivity contribution in [1.29, 1.82) is 0 Å². The van der Waals surface area contributed by atoms with Crippen LogP contribution in [-0.2, 0) is 4.74 Å². The number of hydrogen-bond donors (Lipinski definition) is 0. The molecule has 1 atom stereocenters. The Morgan fingerprint density at radius 3 is 2.95 bits per heavy atom. The van der Waals surface area contributed by atoms with Crippen molar-refractivity contribution in [1.82, 2.24) is 4.90 Å². The third kappa shape index (κ3) is 6.15. The maximum absolute atomic E-state index is 6.08. The first-order chi connectivity index (χ1) is 10.1. The predicted molar refractivity (Wildman–Crippen MR) is 90.3 cm³/mol. The van der Waals surface area contributed by atoms with Crippen molar-refractivity contribution in [3.8, 4) is 5.75 Å². The van der Waals surface area contributed by atoms with Crippen LogP contribution in [0.1, 0.15) is 19.8 Å². The molecule has 5 heteroatoms. The summed E-state index contributed by atoms with van der Waals surface area (Å²) < 4.78 is 12.2. The van der Waals surface area contributed by atoms with Gasteiger partial charge in [-0.15, -0.1) is 0 Å². The molecule has 0 aliphatic carbocycles. The SMILES string of the molecule is C[C@@H]1CCCN(CCOCCOc2ccc(Br)cc2Cl)C1. The van der Waals surface area contributed by atoms with Gasteiger partial charge in [0.2, 0.25) is 0 Å². The molecule has 0 aromatic heterocycles. The zero-order valence-electron chi connectivity index (χ0n) is 12.5.